The monoisotopic (exact) mass is 390 g/mol. The Hall–Kier alpha value is -0.940. The van der Waals surface area contributed by atoms with E-state index in [0.29, 0.717) is 0 Å². The van der Waals surface area contributed by atoms with Gasteiger partial charge in [0.1, 0.15) is 17.4 Å². The summed E-state index contributed by atoms with van der Waals surface area (Å²) in [5, 5.41) is 0. The maximum Gasteiger partial charge on any atom is 0.134 e. The minimum atomic E-state index is -0.640. The van der Waals surface area contributed by atoms with E-state index in [1.54, 1.807) is 6.07 Å². The maximum atomic E-state index is 14.0. The topological polar surface area (TPSA) is 9.23 Å². The molecule has 0 spiro atoms. The van der Waals surface area contributed by atoms with Crippen molar-refractivity contribution >= 4 is 31.9 Å². The zero-order valence-corrected chi connectivity index (χ0v) is 13.1. The lowest BCUT2D eigenvalue weighted by molar-refractivity contribution is 0.405. The standard InChI is InChI=1S/C14H10Br2F2O/c1-19-10-6-11(17)13(12(18)7-10)14(16)8-3-2-4-9(15)5-8/h2-7,14H,1H3. The first kappa shape index (κ1) is 14.5. The highest BCUT2D eigenvalue weighted by Crippen LogP contribution is 2.36. The van der Waals surface area contributed by atoms with Crippen LogP contribution in [-0.2, 0) is 0 Å². The number of hydrogen-bond acceptors (Lipinski definition) is 1. The lowest BCUT2D eigenvalue weighted by atomic mass is 10.0. The number of hydrogen-bond donors (Lipinski definition) is 0. The Morgan fingerprint density at radius 1 is 1.11 bits per heavy atom. The van der Waals surface area contributed by atoms with Crippen LogP contribution in [-0.4, -0.2) is 7.11 Å². The van der Waals surface area contributed by atoms with Gasteiger partial charge in [0.25, 0.3) is 0 Å². The molecule has 2 rings (SSSR count). The summed E-state index contributed by atoms with van der Waals surface area (Å²) in [7, 11) is 1.37. The minimum absolute atomic E-state index is 0.0288. The van der Waals surface area contributed by atoms with Gasteiger partial charge in [0, 0.05) is 22.2 Å². The van der Waals surface area contributed by atoms with Crippen molar-refractivity contribution in [2.24, 2.45) is 0 Å². The highest BCUT2D eigenvalue weighted by molar-refractivity contribution is 9.10. The van der Waals surface area contributed by atoms with Gasteiger partial charge in [0.15, 0.2) is 0 Å². The fraction of sp³-hybridized carbons (Fsp3) is 0.143. The average Bonchev–Trinajstić information content (AvgIpc) is 2.37. The van der Waals surface area contributed by atoms with Gasteiger partial charge in [-0.15, -0.1) is 0 Å². The molecule has 0 radical (unpaired) electrons. The smallest absolute Gasteiger partial charge is 0.134 e. The number of halogens is 4. The Bertz CT molecular complexity index is 579. The van der Waals surface area contributed by atoms with Crippen molar-refractivity contribution in [1.82, 2.24) is 0 Å². The molecule has 0 aliphatic rings. The summed E-state index contributed by atoms with van der Waals surface area (Å²) >= 11 is 6.67. The van der Waals surface area contributed by atoms with Crippen LogP contribution in [0.4, 0.5) is 8.78 Å². The van der Waals surface area contributed by atoms with Crippen LogP contribution in [0.25, 0.3) is 0 Å². The van der Waals surface area contributed by atoms with E-state index in [2.05, 4.69) is 31.9 Å². The van der Waals surface area contributed by atoms with Gasteiger partial charge < -0.3 is 4.74 Å². The average molecular weight is 392 g/mol. The lowest BCUT2D eigenvalue weighted by Crippen LogP contribution is -2.01. The zero-order chi connectivity index (χ0) is 14.0. The van der Waals surface area contributed by atoms with Crippen LogP contribution in [0.5, 0.6) is 5.75 Å². The van der Waals surface area contributed by atoms with Crippen molar-refractivity contribution in [2.45, 2.75) is 4.83 Å². The van der Waals surface area contributed by atoms with Crippen LogP contribution in [0.3, 0.4) is 0 Å². The van der Waals surface area contributed by atoms with Crippen molar-refractivity contribution < 1.29 is 13.5 Å². The van der Waals surface area contributed by atoms with Crippen LogP contribution in [0.2, 0.25) is 0 Å². The number of methoxy groups -OCH3 is 1. The Morgan fingerprint density at radius 3 is 2.26 bits per heavy atom. The van der Waals surface area contributed by atoms with Crippen molar-refractivity contribution in [3.8, 4) is 5.75 Å². The van der Waals surface area contributed by atoms with Crippen LogP contribution in [0, 0.1) is 11.6 Å². The normalized spacial score (nSPS) is 12.3. The van der Waals surface area contributed by atoms with Gasteiger partial charge in [-0.25, -0.2) is 8.78 Å². The highest BCUT2D eigenvalue weighted by atomic mass is 79.9. The molecule has 0 fully saturated rings. The van der Waals surface area contributed by atoms with E-state index in [1.807, 2.05) is 18.2 Å². The van der Waals surface area contributed by atoms with Gasteiger partial charge in [-0.2, -0.15) is 0 Å². The highest BCUT2D eigenvalue weighted by Gasteiger charge is 2.21. The third-order valence-electron chi connectivity index (χ3n) is 2.68. The van der Waals surface area contributed by atoms with E-state index < -0.39 is 16.5 Å². The van der Waals surface area contributed by atoms with Crippen LogP contribution >= 0.6 is 31.9 Å². The summed E-state index contributed by atoms with van der Waals surface area (Å²) in [6, 6.07) is 9.61. The molecular weight excluding hydrogens is 382 g/mol. The van der Waals surface area contributed by atoms with E-state index >= 15 is 0 Å². The molecule has 5 heteroatoms. The van der Waals surface area contributed by atoms with Gasteiger partial charge >= 0.3 is 0 Å². The number of benzene rings is 2. The SMILES string of the molecule is COc1cc(F)c(C(Br)c2cccc(Br)c2)c(F)c1. The fourth-order valence-electron chi connectivity index (χ4n) is 1.75. The predicted molar refractivity (Wildman–Crippen MR) is 77.8 cm³/mol. The van der Waals surface area contributed by atoms with Gasteiger partial charge in [0.05, 0.1) is 11.9 Å². The third kappa shape index (κ3) is 3.15. The molecule has 0 aliphatic carbocycles. The summed E-state index contributed by atoms with van der Waals surface area (Å²) in [4.78, 5) is -0.559. The first-order valence-corrected chi connectivity index (χ1v) is 7.16. The molecule has 1 nitrogen and oxygen atoms in total. The molecule has 0 heterocycles. The maximum absolute atomic E-state index is 14.0. The molecule has 0 aromatic heterocycles. The Balaban J connectivity index is 2.47. The molecule has 0 saturated heterocycles. The minimum Gasteiger partial charge on any atom is -0.497 e. The van der Waals surface area contributed by atoms with E-state index in [9.17, 15) is 8.78 Å². The predicted octanol–water partition coefficient (Wildman–Crippen LogP) is 5.22. The van der Waals surface area contributed by atoms with Crippen LogP contribution < -0.4 is 4.74 Å². The molecule has 0 saturated carbocycles. The fourth-order valence-corrected chi connectivity index (χ4v) is 2.89. The Morgan fingerprint density at radius 2 is 1.74 bits per heavy atom. The second-order valence-electron chi connectivity index (χ2n) is 3.92. The number of ether oxygens (including phenoxy) is 1. The van der Waals surface area contributed by atoms with Crippen molar-refractivity contribution in [2.75, 3.05) is 7.11 Å². The molecule has 100 valence electrons. The van der Waals surface area contributed by atoms with Crippen LogP contribution in [0.15, 0.2) is 40.9 Å². The van der Waals surface area contributed by atoms with Crippen LogP contribution in [0.1, 0.15) is 16.0 Å². The molecule has 0 amide bonds. The van der Waals surface area contributed by atoms with Gasteiger partial charge in [-0.3, -0.25) is 0 Å². The Labute approximate surface area is 126 Å². The molecule has 2 aromatic rings. The van der Waals surface area contributed by atoms with Gasteiger partial charge in [-0.1, -0.05) is 44.0 Å². The zero-order valence-electron chi connectivity index (χ0n) is 9.96. The Kier molecular flexibility index (Phi) is 4.58. The quantitative estimate of drug-likeness (QED) is 0.651. The summed E-state index contributed by atoms with van der Waals surface area (Å²) < 4.78 is 33.6. The van der Waals surface area contributed by atoms with Crippen molar-refractivity contribution in [3.63, 3.8) is 0 Å². The van der Waals surface area contributed by atoms with E-state index in [4.69, 9.17) is 4.74 Å². The molecule has 0 N–H and O–H groups in total. The summed E-state index contributed by atoms with van der Waals surface area (Å²) in [5.74, 6) is -1.12. The summed E-state index contributed by atoms with van der Waals surface area (Å²) in [6.07, 6.45) is 0. The molecule has 1 atom stereocenters. The number of rotatable bonds is 3. The summed E-state index contributed by atoms with van der Waals surface area (Å²) in [6.45, 7) is 0. The van der Waals surface area contributed by atoms with E-state index in [1.165, 1.54) is 19.2 Å². The first-order chi connectivity index (χ1) is 9.02. The van der Waals surface area contributed by atoms with Crippen molar-refractivity contribution in [1.29, 1.82) is 0 Å². The molecule has 0 bridgehead atoms. The van der Waals surface area contributed by atoms with Gasteiger partial charge in [0.2, 0.25) is 0 Å². The second-order valence-corrected chi connectivity index (χ2v) is 5.75. The molecule has 1 unspecified atom stereocenters. The molecule has 0 aliphatic heterocycles. The largest absolute Gasteiger partial charge is 0.497 e. The first-order valence-electron chi connectivity index (χ1n) is 5.45. The van der Waals surface area contributed by atoms with Gasteiger partial charge in [-0.05, 0) is 17.7 Å². The van der Waals surface area contributed by atoms with E-state index in [0.717, 1.165) is 10.0 Å². The van der Waals surface area contributed by atoms with Crippen molar-refractivity contribution in [3.05, 3.63) is 63.6 Å². The molecule has 2 aromatic carbocycles. The molecular formula is C14H10Br2F2O. The number of alkyl halides is 1. The molecule has 19 heavy (non-hydrogen) atoms. The lowest BCUT2D eigenvalue weighted by Gasteiger charge is -2.14. The summed E-state index contributed by atoms with van der Waals surface area (Å²) in [5.41, 5.74) is 0.733. The second kappa shape index (κ2) is 6.01. The van der Waals surface area contributed by atoms with E-state index in [-0.39, 0.29) is 11.3 Å². The third-order valence-corrected chi connectivity index (χ3v) is 4.16.